The quantitative estimate of drug-likeness (QED) is 0.0212. The Bertz CT molecular complexity index is 3240. The van der Waals surface area contributed by atoms with Crippen molar-refractivity contribution < 1.29 is 193 Å². The Morgan fingerprint density at radius 1 is 0.419 bits per heavy atom. The SMILES string of the molecule is CCCCCCCCCCCCC/C=C/[C@@H](O)[C@H](CO[C@@H]1OC(CO)[C@@H](O[C@@H]2OC(CO)[C@H](O)[C@H](O[C@@H]3OC(CO)[C@@H](O)[C@H](O[C@@H]4OC(CO)[C@H](O)[C@H](O[C@]5(C(=O)O)CC(O)[C@@H](NC(C)=O)C([C@H](O)[C@@H](CO)O[C@]6(C(=O)O)CC(O)[C@@H](NC(C)=O)C([C@H](O)[C@H](O)CO)O6)O5)C4O)C3NC(C)=O)C2O)[C@H](O)C1O)NC(=O)CCCCCCCCCCCCCCCCCCC. The van der Waals surface area contributed by atoms with Gasteiger partial charge in [-0.05, 0) is 19.3 Å². The molecular formula is C86H152N4O39. The molecule has 43 nitrogen and oxygen atoms in total. The molecule has 12 unspecified atom stereocenters. The molecule has 0 aromatic heterocycles. The van der Waals surface area contributed by atoms with Crippen LogP contribution in [0.5, 0.6) is 0 Å². The van der Waals surface area contributed by atoms with Crippen LogP contribution in [0, 0.1) is 0 Å². The average Bonchev–Trinajstić information content (AvgIpc) is 0.749. The summed E-state index contributed by atoms with van der Waals surface area (Å²) in [6.07, 6.45) is -26.9. The Labute approximate surface area is 752 Å². The maximum atomic E-state index is 13.8. The van der Waals surface area contributed by atoms with Crippen molar-refractivity contribution in [1.29, 1.82) is 0 Å². The number of aliphatic carboxylic acids is 2. The number of carboxylic acids is 2. The molecular weight excluding hydrogens is 1710 g/mol. The van der Waals surface area contributed by atoms with Crippen molar-refractivity contribution in [2.24, 2.45) is 0 Å². The Morgan fingerprint density at radius 3 is 1.26 bits per heavy atom. The van der Waals surface area contributed by atoms with Gasteiger partial charge in [0.15, 0.2) is 25.2 Å². The molecule has 34 atom stereocenters. The number of nitrogens with one attached hydrogen (secondary N) is 4. The Balaban J connectivity index is 1.17. The average molecular weight is 1870 g/mol. The van der Waals surface area contributed by atoms with Gasteiger partial charge in [0.2, 0.25) is 23.6 Å². The Hall–Kier alpha value is -4.68. The first-order valence-electron chi connectivity index (χ1n) is 46.2. The van der Waals surface area contributed by atoms with E-state index in [0.717, 1.165) is 78.6 Å². The van der Waals surface area contributed by atoms with Gasteiger partial charge in [0.25, 0.3) is 11.6 Å². The zero-order valence-corrected chi connectivity index (χ0v) is 74.9. The number of carboxylic acid groups (broad SMARTS) is 2. The van der Waals surface area contributed by atoms with Crippen molar-refractivity contribution in [2.45, 2.75) is 447 Å². The standard InChI is InChI=1S/C86H152N4O39/c1-6-8-10-12-14-16-18-20-21-22-23-25-27-29-31-33-35-37-60(104)90-50(51(100)36-34-32-30-28-26-24-19-17-15-13-11-9-7-2)46-118-80-70(111)69(110)73(59(45-96)122-80)123-81-71(112)77(66(107)56(42-93)120-81)125-79-63(89-49(5)99)74(65(106)55(41-92)119-79)124-82-72(113)78(67(108)57(43-94)121-82)129-86(84(116)117)39-53(102)62(88-48(4)98)76(128-86)68(109)58(44-95)126-85(83(114)115)38-52(101)61(87-47(3)97)75(127-85)64(105)54(103)40-91/h34,36,50-59,61-82,91-96,100-103,105-113H,6-33,35,37-46H2,1-5H3,(H,87,97)(H,88,98)(H,89,99)(H,90,104)(H,114,115)(H,116,117)/b36-34+/t50-,51+,52?,53?,54+,55?,56?,57?,58+,59?,61+,62+,63?,64+,65+,66-,67-,68+,69+,70?,71?,72?,73+,74+,75?,76?,77-,78-,79-,80+,81-,82-,85+,86-/m0/s1. The monoisotopic (exact) mass is 1870 g/mol. The summed E-state index contributed by atoms with van der Waals surface area (Å²) in [6, 6.07) is -6.91. The van der Waals surface area contributed by atoms with E-state index in [1.54, 1.807) is 6.08 Å². The number of unbranched alkanes of at least 4 members (excludes halogenated alkanes) is 27. The van der Waals surface area contributed by atoms with Gasteiger partial charge in [-0.15, -0.1) is 0 Å². The first kappa shape index (κ1) is 113. The molecule has 6 aliphatic rings. The van der Waals surface area contributed by atoms with Gasteiger partial charge >= 0.3 is 11.9 Å². The number of ether oxygens (including phenoxy) is 12. The summed E-state index contributed by atoms with van der Waals surface area (Å²) < 4.78 is 70.9. The van der Waals surface area contributed by atoms with Crippen LogP contribution in [0.2, 0.25) is 0 Å². The molecule has 0 aliphatic carbocycles. The first-order valence-corrected chi connectivity index (χ1v) is 46.2. The highest BCUT2D eigenvalue weighted by atomic mass is 16.8. The zero-order valence-electron chi connectivity index (χ0n) is 74.9. The highest BCUT2D eigenvalue weighted by Gasteiger charge is 2.64. The van der Waals surface area contributed by atoms with E-state index in [9.17, 15) is 136 Å². The maximum absolute atomic E-state index is 13.8. The van der Waals surface area contributed by atoms with Gasteiger partial charge < -0.3 is 185 Å². The van der Waals surface area contributed by atoms with Gasteiger partial charge in [0.1, 0.15) is 134 Å². The van der Waals surface area contributed by atoms with E-state index >= 15 is 0 Å². The smallest absolute Gasteiger partial charge is 0.364 e. The number of aliphatic hydroxyl groups is 19. The number of aliphatic hydroxyl groups excluding tert-OH is 19. The fourth-order valence-corrected chi connectivity index (χ4v) is 17.3. The molecule has 25 N–H and O–H groups in total. The van der Waals surface area contributed by atoms with Crippen LogP contribution in [0.3, 0.4) is 0 Å². The topological polar surface area (TPSA) is 686 Å². The molecule has 43 heteroatoms. The molecule has 6 rings (SSSR count). The van der Waals surface area contributed by atoms with Gasteiger partial charge in [-0.25, -0.2) is 9.59 Å². The highest BCUT2D eigenvalue weighted by molar-refractivity contribution is 5.78. The molecule has 6 fully saturated rings. The molecule has 0 radical (unpaired) electrons. The van der Waals surface area contributed by atoms with E-state index < -0.39 is 296 Å². The fraction of sp³-hybridized carbons (Fsp3) is 0.907. The van der Waals surface area contributed by atoms with E-state index in [1.165, 1.54) is 116 Å². The Morgan fingerprint density at radius 2 is 0.806 bits per heavy atom. The van der Waals surface area contributed by atoms with Crippen molar-refractivity contribution in [3.05, 3.63) is 12.2 Å². The van der Waals surface area contributed by atoms with E-state index in [1.807, 2.05) is 6.08 Å². The third-order valence-electron chi connectivity index (χ3n) is 24.6. The van der Waals surface area contributed by atoms with Gasteiger partial charge in [-0.3, -0.25) is 19.2 Å². The molecule has 6 aliphatic heterocycles. The van der Waals surface area contributed by atoms with Crippen LogP contribution in [0.15, 0.2) is 12.2 Å². The minimum absolute atomic E-state index is 0.140. The van der Waals surface area contributed by atoms with Crippen LogP contribution >= 0.6 is 0 Å². The van der Waals surface area contributed by atoms with Crippen LogP contribution in [-0.4, -0.2) is 396 Å². The molecule has 0 aromatic rings. The van der Waals surface area contributed by atoms with Gasteiger partial charge in [0, 0.05) is 40.0 Å². The van der Waals surface area contributed by atoms with Crippen LogP contribution < -0.4 is 21.3 Å². The summed E-state index contributed by atoms with van der Waals surface area (Å²) in [7, 11) is 0. The van der Waals surface area contributed by atoms with Crippen molar-refractivity contribution >= 4 is 35.6 Å². The first-order chi connectivity index (χ1) is 61.6. The van der Waals surface area contributed by atoms with Crippen LogP contribution in [0.4, 0.5) is 0 Å². The molecule has 129 heavy (non-hydrogen) atoms. The van der Waals surface area contributed by atoms with Gasteiger partial charge in [-0.1, -0.05) is 193 Å². The fourth-order valence-electron chi connectivity index (χ4n) is 17.3. The van der Waals surface area contributed by atoms with Crippen LogP contribution in [0.1, 0.15) is 240 Å². The van der Waals surface area contributed by atoms with Crippen LogP contribution in [0.25, 0.3) is 0 Å². The Kier molecular flexibility index (Phi) is 50.9. The molecule has 6 saturated heterocycles. The minimum atomic E-state index is -3.53. The molecule has 0 saturated carbocycles. The number of amides is 4. The lowest BCUT2D eigenvalue weighted by atomic mass is 9.87. The van der Waals surface area contributed by atoms with E-state index in [2.05, 4.69) is 35.1 Å². The second-order valence-electron chi connectivity index (χ2n) is 35.0. The molecule has 0 aromatic carbocycles. The number of allylic oxidation sites excluding steroid dienone is 1. The van der Waals surface area contributed by atoms with Crippen LogP contribution in [-0.2, 0) is 85.6 Å². The van der Waals surface area contributed by atoms with Crippen molar-refractivity contribution in [2.75, 3.05) is 46.2 Å². The summed E-state index contributed by atoms with van der Waals surface area (Å²) in [6.45, 7) is -0.576. The van der Waals surface area contributed by atoms with Crippen molar-refractivity contribution in [3.8, 4) is 0 Å². The maximum Gasteiger partial charge on any atom is 0.364 e. The van der Waals surface area contributed by atoms with E-state index in [0.29, 0.717) is 12.8 Å². The lowest BCUT2D eigenvalue weighted by Crippen LogP contribution is -2.72. The second-order valence-corrected chi connectivity index (χ2v) is 35.0. The number of rotatable bonds is 61. The lowest BCUT2D eigenvalue weighted by molar-refractivity contribution is -0.390. The van der Waals surface area contributed by atoms with Crippen molar-refractivity contribution in [3.63, 3.8) is 0 Å². The second kappa shape index (κ2) is 58.0. The largest absolute Gasteiger partial charge is 0.477 e. The predicted octanol–water partition coefficient (Wildman–Crippen LogP) is -3.09. The minimum Gasteiger partial charge on any atom is -0.477 e. The number of carbonyl (C=O) groups is 6. The lowest BCUT2D eigenvalue weighted by Gasteiger charge is -2.52. The number of carbonyl (C=O) groups excluding carboxylic acids is 4. The molecule has 750 valence electrons. The summed E-state index contributed by atoms with van der Waals surface area (Å²) in [5.41, 5.74) is 0. The highest BCUT2D eigenvalue weighted by Crippen LogP contribution is 2.42. The predicted molar refractivity (Wildman–Crippen MR) is 449 cm³/mol. The number of hydrogen-bond acceptors (Lipinski definition) is 37. The molecule has 0 bridgehead atoms. The summed E-state index contributed by atoms with van der Waals surface area (Å²) >= 11 is 0. The molecule has 6 heterocycles. The third-order valence-corrected chi connectivity index (χ3v) is 24.6. The molecule has 4 amide bonds. The van der Waals surface area contributed by atoms with Gasteiger partial charge in [0.05, 0.1) is 82.7 Å². The number of hydrogen-bond donors (Lipinski definition) is 25. The third kappa shape index (κ3) is 33.6. The zero-order chi connectivity index (χ0) is 95.2. The van der Waals surface area contributed by atoms with Gasteiger partial charge in [-0.2, -0.15) is 0 Å². The van der Waals surface area contributed by atoms with E-state index in [4.69, 9.17) is 56.8 Å². The summed E-state index contributed by atoms with van der Waals surface area (Å²) in [4.78, 5) is 78.9. The molecule has 0 spiro atoms. The summed E-state index contributed by atoms with van der Waals surface area (Å²) in [5.74, 6) is -14.6. The van der Waals surface area contributed by atoms with Crippen molar-refractivity contribution in [1.82, 2.24) is 21.3 Å². The normalized spacial score (nSPS) is 34.8. The van der Waals surface area contributed by atoms with E-state index in [-0.39, 0.29) is 12.3 Å². The summed E-state index contributed by atoms with van der Waals surface area (Å²) in [5, 5.41) is 247.